The molecule has 0 bridgehead atoms. The van der Waals surface area contributed by atoms with Gasteiger partial charge in [0.2, 0.25) is 0 Å². The minimum atomic E-state index is 0.272. The summed E-state index contributed by atoms with van der Waals surface area (Å²) in [5.74, 6) is 1.89. The Morgan fingerprint density at radius 1 is 1.16 bits per heavy atom. The fourth-order valence-corrected chi connectivity index (χ4v) is 2.86. The van der Waals surface area contributed by atoms with E-state index in [1.807, 2.05) is 31.2 Å². The van der Waals surface area contributed by atoms with Crippen LogP contribution >= 0.6 is 0 Å². The first-order valence-corrected chi connectivity index (χ1v) is 7.55. The second-order valence-electron chi connectivity index (χ2n) is 5.42. The number of ether oxygens (including phenoxy) is 1. The third-order valence-corrected chi connectivity index (χ3v) is 3.99. The molecule has 0 amide bonds. The molecule has 0 N–H and O–H groups in total. The minimum Gasteiger partial charge on any atom is -0.494 e. The lowest BCUT2D eigenvalue weighted by Crippen LogP contribution is -2.09. The van der Waals surface area contributed by atoms with Crippen molar-refractivity contribution in [1.29, 1.82) is 0 Å². The number of rotatable bonds is 6. The Morgan fingerprint density at radius 2 is 1.84 bits per heavy atom. The van der Waals surface area contributed by atoms with Crippen LogP contribution in [-0.2, 0) is 0 Å². The highest BCUT2D eigenvalue weighted by molar-refractivity contribution is 5.96. The van der Waals surface area contributed by atoms with Gasteiger partial charge >= 0.3 is 0 Å². The summed E-state index contributed by atoms with van der Waals surface area (Å²) in [6, 6.07) is 7.54. The average molecular weight is 260 g/mol. The maximum Gasteiger partial charge on any atom is 0.162 e. The molecule has 104 valence electrons. The van der Waals surface area contributed by atoms with E-state index in [0.29, 0.717) is 13.0 Å². The molecule has 2 heteroatoms. The summed E-state index contributed by atoms with van der Waals surface area (Å²) in [7, 11) is 0. The minimum absolute atomic E-state index is 0.272. The van der Waals surface area contributed by atoms with E-state index in [4.69, 9.17) is 4.74 Å². The SMILES string of the molecule is CCOc1ccc(C(=O)CCC2CCCCC2)cc1. The van der Waals surface area contributed by atoms with Gasteiger partial charge in [0.05, 0.1) is 6.61 Å². The molecular formula is C17H24O2. The van der Waals surface area contributed by atoms with E-state index < -0.39 is 0 Å². The van der Waals surface area contributed by atoms with Gasteiger partial charge in [0.1, 0.15) is 5.75 Å². The van der Waals surface area contributed by atoms with Crippen LogP contribution in [0.1, 0.15) is 62.2 Å². The summed E-state index contributed by atoms with van der Waals surface area (Å²) in [4.78, 5) is 12.1. The molecule has 19 heavy (non-hydrogen) atoms. The van der Waals surface area contributed by atoms with E-state index in [9.17, 15) is 4.79 Å². The Labute approximate surface area is 116 Å². The van der Waals surface area contributed by atoms with Gasteiger partial charge in [-0.05, 0) is 43.5 Å². The predicted molar refractivity (Wildman–Crippen MR) is 77.8 cm³/mol. The van der Waals surface area contributed by atoms with Crippen LogP contribution in [0.25, 0.3) is 0 Å². The molecule has 1 aromatic rings. The summed E-state index contributed by atoms with van der Waals surface area (Å²) in [6.07, 6.45) is 8.46. The van der Waals surface area contributed by atoms with Crippen LogP contribution in [0.5, 0.6) is 5.75 Å². The van der Waals surface area contributed by atoms with Crippen molar-refractivity contribution >= 4 is 5.78 Å². The van der Waals surface area contributed by atoms with Crippen molar-refractivity contribution in [3.63, 3.8) is 0 Å². The van der Waals surface area contributed by atoms with Gasteiger partial charge in [-0.25, -0.2) is 0 Å². The van der Waals surface area contributed by atoms with Crippen LogP contribution in [0.3, 0.4) is 0 Å². The molecule has 0 atom stereocenters. The Hall–Kier alpha value is -1.31. The van der Waals surface area contributed by atoms with E-state index in [0.717, 1.165) is 23.7 Å². The molecule has 0 radical (unpaired) electrons. The van der Waals surface area contributed by atoms with Gasteiger partial charge in [-0.15, -0.1) is 0 Å². The third kappa shape index (κ3) is 4.38. The number of carbonyl (C=O) groups excluding carboxylic acids is 1. The average Bonchev–Trinajstić information content (AvgIpc) is 2.47. The molecule has 0 heterocycles. The van der Waals surface area contributed by atoms with Crippen molar-refractivity contribution in [2.75, 3.05) is 6.61 Å². The van der Waals surface area contributed by atoms with Gasteiger partial charge < -0.3 is 4.74 Å². The largest absolute Gasteiger partial charge is 0.494 e. The zero-order chi connectivity index (χ0) is 13.5. The molecule has 2 nitrogen and oxygen atoms in total. The Balaban J connectivity index is 1.81. The monoisotopic (exact) mass is 260 g/mol. The number of carbonyl (C=O) groups is 1. The van der Waals surface area contributed by atoms with Crippen molar-refractivity contribution in [3.05, 3.63) is 29.8 Å². The lowest BCUT2D eigenvalue weighted by atomic mass is 9.85. The highest BCUT2D eigenvalue weighted by Crippen LogP contribution is 2.27. The van der Waals surface area contributed by atoms with E-state index in [2.05, 4.69) is 0 Å². The Kier molecular flexibility index (Phi) is 5.44. The van der Waals surface area contributed by atoms with E-state index >= 15 is 0 Å². The lowest BCUT2D eigenvalue weighted by Gasteiger charge is -2.20. The molecule has 1 aliphatic rings. The quantitative estimate of drug-likeness (QED) is 0.697. The lowest BCUT2D eigenvalue weighted by molar-refractivity contribution is 0.0970. The first kappa shape index (κ1) is 14.1. The molecule has 0 aliphatic heterocycles. The van der Waals surface area contributed by atoms with E-state index in [1.165, 1.54) is 32.1 Å². The number of hydrogen-bond acceptors (Lipinski definition) is 2. The summed E-state index contributed by atoms with van der Waals surface area (Å²) in [5, 5.41) is 0. The van der Waals surface area contributed by atoms with Crippen molar-refractivity contribution < 1.29 is 9.53 Å². The highest BCUT2D eigenvalue weighted by Gasteiger charge is 2.15. The molecule has 2 rings (SSSR count). The van der Waals surface area contributed by atoms with Gasteiger partial charge in [-0.2, -0.15) is 0 Å². The molecule has 1 aromatic carbocycles. The van der Waals surface area contributed by atoms with E-state index in [1.54, 1.807) is 0 Å². The molecule has 0 saturated heterocycles. The van der Waals surface area contributed by atoms with Crippen LogP contribution in [0.4, 0.5) is 0 Å². The summed E-state index contributed by atoms with van der Waals surface area (Å²) in [6.45, 7) is 2.62. The van der Waals surface area contributed by atoms with Crippen molar-refractivity contribution in [2.45, 2.75) is 51.9 Å². The van der Waals surface area contributed by atoms with Crippen molar-refractivity contribution in [2.24, 2.45) is 5.92 Å². The number of ketones is 1. The highest BCUT2D eigenvalue weighted by atomic mass is 16.5. The van der Waals surface area contributed by atoms with E-state index in [-0.39, 0.29) is 5.78 Å². The summed E-state index contributed by atoms with van der Waals surface area (Å²) in [5.41, 5.74) is 0.819. The fourth-order valence-electron chi connectivity index (χ4n) is 2.86. The van der Waals surface area contributed by atoms with Gasteiger partial charge in [-0.3, -0.25) is 4.79 Å². The Bertz CT molecular complexity index is 388. The maximum atomic E-state index is 12.1. The van der Waals surface area contributed by atoms with Crippen molar-refractivity contribution in [3.8, 4) is 5.75 Å². The molecular weight excluding hydrogens is 236 g/mol. The fraction of sp³-hybridized carbons (Fsp3) is 0.588. The maximum absolute atomic E-state index is 12.1. The molecule has 1 fully saturated rings. The van der Waals surface area contributed by atoms with Crippen LogP contribution in [0, 0.1) is 5.92 Å². The number of benzene rings is 1. The smallest absolute Gasteiger partial charge is 0.162 e. The summed E-state index contributed by atoms with van der Waals surface area (Å²) < 4.78 is 5.38. The zero-order valence-electron chi connectivity index (χ0n) is 11.9. The second kappa shape index (κ2) is 7.32. The molecule has 1 saturated carbocycles. The van der Waals surface area contributed by atoms with Crippen LogP contribution in [-0.4, -0.2) is 12.4 Å². The standard InChI is InChI=1S/C17H24O2/c1-2-19-16-11-9-15(10-12-16)17(18)13-8-14-6-4-3-5-7-14/h9-12,14H,2-8,13H2,1H3. The summed E-state index contributed by atoms with van der Waals surface area (Å²) >= 11 is 0. The van der Waals surface area contributed by atoms with Gasteiger partial charge in [0, 0.05) is 12.0 Å². The zero-order valence-corrected chi connectivity index (χ0v) is 11.9. The first-order chi connectivity index (χ1) is 9.29. The second-order valence-corrected chi connectivity index (χ2v) is 5.42. The molecule has 0 spiro atoms. The van der Waals surface area contributed by atoms with Gasteiger partial charge in [0.15, 0.2) is 5.78 Å². The molecule has 1 aliphatic carbocycles. The predicted octanol–water partition coefficient (Wildman–Crippen LogP) is 4.63. The normalized spacial score (nSPS) is 16.3. The van der Waals surface area contributed by atoms with Gasteiger partial charge in [-0.1, -0.05) is 32.1 Å². The first-order valence-electron chi connectivity index (χ1n) is 7.55. The van der Waals surface area contributed by atoms with Gasteiger partial charge in [0.25, 0.3) is 0 Å². The molecule has 0 unspecified atom stereocenters. The number of Topliss-reactive ketones (excluding diaryl/α,β-unsaturated/α-hetero) is 1. The van der Waals surface area contributed by atoms with Crippen LogP contribution in [0.2, 0.25) is 0 Å². The Morgan fingerprint density at radius 3 is 2.47 bits per heavy atom. The third-order valence-electron chi connectivity index (χ3n) is 3.99. The van der Waals surface area contributed by atoms with Crippen LogP contribution < -0.4 is 4.74 Å². The van der Waals surface area contributed by atoms with Crippen LogP contribution in [0.15, 0.2) is 24.3 Å². The topological polar surface area (TPSA) is 26.3 Å². The van der Waals surface area contributed by atoms with Crippen molar-refractivity contribution in [1.82, 2.24) is 0 Å². The molecule has 0 aromatic heterocycles. The number of hydrogen-bond donors (Lipinski definition) is 0.